The number of rotatable bonds is 10. The quantitative estimate of drug-likeness (QED) is 0.202. The van der Waals surface area contributed by atoms with Crippen LogP contribution in [-0.4, -0.2) is 33.5 Å². The highest BCUT2D eigenvalue weighted by molar-refractivity contribution is 14.0. The second kappa shape index (κ2) is 11.8. The molecule has 0 unspecified atom stereocenters. The van der Waals surface area contributed by atoms with Crippen molar-refractivity contribution in [2.24, 2.45) is 4.99 Å². The van der Waals surface area contributed by atoms with Gasteiger partial charge >= 0.3 is 0 Å². The third kappa shape index (κ3) is 8.22. The fourth-order valence-electron chi connectivity index (χ4n) is 2.36. The summed E-state index contributed by atoms with van der Waals surface area (Å²) in [6.45, 7) is 6.45. The molecule has 1 aromatic rings. The van der Waals surface area contributed by atoms with Gasteiger partial charge in [-0.25, -0.2) is 18.1 Å². The number of aliphatic imine (C=N–C) groups is 1. The predicted molar refractivity (Wildman–Crippen MR) is 118 cm³/mol. The number of benzene rings is 1. The van der Waals surface area contributed by atoms with Gasteiger partial charge < -0.3 is 10.6 Å². The summed E-state index contributed by atoms with van der Waals surface area (Å²) in [7, 11) is -3.38. The molecule has 0 radical (unpaired) electrons. The molecule has 0 spiro atoms. The lowest BCUT2D eigenvalue weighted by molar-refractivity contribution is 0.581. The van der Waals surface area contributed by atoms with Gasteiger partial charge in [0.15, 0.2) is 5.96 Å². The van der Waals surface area contributed by atoms with E-state index in [2.05, 4.69) is 27.3 Å². The molecule has 0 aromatic heterocycles. The molecule has 1 saturated carbocycles. The number of hydrogen-bond donors (Lipinski definition) is 3. The van der Waals surface area contributed by atoms with Gasteiger partial charge in [0.05, 0.1) is 11.4 Å². The van der Waals surface area contributed by atoms with Crippen LogP contribution >= 0.6 is 24.0 Å². The normalized spacial score (nSPS) is 14.6. The highest BCUT2D eigenvalue weighted by atomic mass is 127. The van der Waals surface area contributed by atoms with E-state index in [-0.39, 0.29) is 30.0 Å². The van der Waals surface area contributed by atoms with Crippen molar-refractivity contribution >= 4 is 40.0 Å². The Kier molecular flexibility index (Phi) is 10.5. The van der Waals surface area contributed by atoms with E-state index in [1.165, 1.54) is 12.8 Å². The van der Waals surface area contributed by atoms with Gasteiger partial charge in [0.1, 0.15) is 0 Å². The Hall–Kier alpha value is -0.870. The molecular weight excluding hydrogens is 463 g/mol. The highest BCUT2D eigenvalue weighted by Crippen LogP contribution is 2.22. The zero-order valence-corrected chi connectivity index (χ0v) is 18.8. The number of nitrogens with one attached hydrogen (secondary N) is 3. The van der Waals surface area contributed by atoms with Gasteiger partial charge in [-0.2, -0.15) is 0 Å². The van der Waals surface area contributed by atoms with Crippen LogP contribution < -0.4 is 15.4 Å². The average Bonchev–Trinajstić information content (AvgIpc) is 3.40. The third-order valence-electron chi connectivity index (χ3n) is 3.97. The Bertz CT molecular complexity index is 658. The van der Waals surface area contributed by atoms with Gasteiger partial charge in [0.2, 0.25) is 10.0 Å². The molecule has 0 saturated heterocycles. The first kappa shape index (κ1) is 23.2. The monoisotopic (exact) mass is 494 g/mol. The predicted octanol–water partition coefficient (Wildman–Crippen LogP) is 2.99. The number of sulfonamides is 1. The van der Waals surface area contributed by atoms with E-state index in [1.54, 1.807) is 12.1 Å². The largest absolute Gasteiger partial charge is 0.357 e. The lowest BCUT2D eigenvalue weighted by atomic mass is 10.2. The van der Waals surface area contributed by atoms with Crippen LogP contribution in [0.2, 0.25) is 0 Å². The van der Waals surface area contributed by atoms with Crippen LogP contribution in [0, 0.1) is 0 Å². The first-order valence-electron chi connectivity index (χ1n) is 9.18. The summed E-state index contributed by atoms with van der Waals surface area (Å²) in [5, 5.41) is 6.55. The van der Waals surface area contributed by atoms with Crippen molar-refractivity contribution in [1.82, 2.24) is 15.4 Å². The lowest BCUT2D eigenvalue weighted by Crippen LogP contribution is -2.37. The topological polar surface area (TPSA) is 82.6 Å². The van der Waals surface area contributed by atoms with Crippen LogP contribution in [0.1, 0.15) is 51.5 Å². The molecule has 6 nitrogen and oxygen atoms in total. The van der Waals surface area contributed by atoms with Gasteiger partial charge in [-0.15, -0.1) is 24.0 Å². The fraction of sp³-hybridized carbons (Fsp3) is 0.611. The van der Waals surface area contributed by atoms with Crippen molar-refractivity contribution < 1.29 is 8.42 Å². The molecule has 0 aliphatic heterocycles. The Morgan fingerprint density at radius 1 is 1.12 bits per heavy atom. The van der Waals surface area contributed by atoms with Gasteiger partial charge in [0, 0.05) is 19.1 Å². The second-order valence-corrected chi connectivity index (χ2v) is 8.08. The fourth-order valence-corrected chi connectivity index (χ4v) is 3.66. The van der Waals surface area contributed by atoms with E-state index < -0.39 is 10.0 Å². The molecule has 0 bridgehead atoms. The summed E-state index contributed by atoms with van der Waals surface area (Å²) < 4.78 is 27.0. The summed E-state index contributed by atoms with van der Waals surface area (Å²) in [4.78, 5) is 4.88. The molecule has 0 amide bonds. The van der Waals surface area contributed by atoms with Crippen molar-refractivity contribution in [2.75, 3.05) is 13.1 Å². The molecule has 26 heavy (non-hydrogen) atoms. The van der Waals surface area contributed by atoms with Crippen molar-refractivity contribution in [2.45, 2.75) is 63.4 Å². The lowest BCUT2D eigenvalue weighted by Gasteiger charge is -2.11. The van der Waals surface area contributed by atoms with Crippen LogP contribution in [-0.2, 0) is 16.6 Å². The molecule has 2 rings (SSSR count). The summed E-state index contributed by atoms with van der Waals surface area (Å²) in [6, 6.07) is 7.07. The van der Waals surface area contributed by atoms with Crippen molar-refractivity contribution in [3.8, 4) is 0 Å². The molecule has 8 heteroatoms. The molecule has 1 aromatic carbocycles. The Balaban J connectivity index is 0.00000338. The number of hydrogen-bond acceptors (Lipinski definition) is 3. The van der Waals surface area contributed by atoms with Gasteiger partial charge in [-0.1, -0.05) is 31.9 Å². The molecule has 0 atom stereocenters. The Morgan fingerprint density at radius 2 is 1.81 bits per heavy atom. The molecule has 1 aliphatic carbocycles. The first-order valence-corrected chi connectivity index (χ1v) is 10.7. The number of guanidine groups is 1. The number of unbranched alkanes of at least 4 members (excludes halogenated alkanes) is 2. The van der Waals surface area contributed by atoms with Crippen molar-refractivity contribution in [3.05, 3.63) is 29.8 Å². The molecule has 1 fully saturated rings. The maximum absolute atomic E-state index is 12.2. The zero-order valence-electron chi connectivity index (χ0n) is 15.6. The molecular formula is C18H31IN4O2S. The summed E-state index contributed by atoms with van der Waals surface area (Å²) in [6.07, 6.45) is 5.40. The van der Waals surface area contributed by atoms with E-state index in [4.69, 9.17) is 0 Å². The van der Waals surface area contributed by atoms with Crippen molar-refractivity contribution in [1.29, 1.82) is 0 Å². The molecule has 3 N–H and O–H groups in total. The van der Waals surface area contributed by atoms with Crippen LogP contribution in [0.3, 0.4) is 0 Å². The van der Waals surface area contributed by atoms with E-state index >= 15 is 0 Å². The summed E-state index contributed by atoms with van der Waals surface area (Å²) >= 11 is 0. The van der Waals surface area contributed by atoms with Crippen LogP contribution in [0.4, 0.5) is 0 Å². The minimum Gasteiger partial charge on any atom is -0.357 e. The highest BCUT2D eigenvalue weighted by Gasteiger charge is 2.27. The minimum absolute atomic E-state index is 0. The number of halogens is 1. The third-order valence-corrected chi connectivity index (χ3v) is 5.51. The number of nitrogens with zero attached hydrogens (tertiary/aromatic N) is 1. The van der Waals surface area contributed by atoms with Gasteiger partial charge in [-0.3, -0.25) is 0 Å². The van der Waals surface area contributed by atoms with Crippen LogP contribution in [0.15, 0.2) is 34.2 Å². The van der Waals surface area contributed by atoms with Gasteiger partial charge in [0.25, 0.3) is 0 Å². The zero-order chi connectivity index (χ0) is 18.1. The minimum atomic E-state index is -3.38. The van der Waals surface area contributed by atoms with Crippen molar-refractivity contribution in [3.63, 3.8) is 0 Å². The van der Waals surface area contributed by atoms with E-state index in [0.717, 1.165) is 43.9 Å². The van der Waals surface area contributed by atoms with E-state index in [1.807, 2.05) is 19.1 Å². The average molecular weight is 494 g/mol. The first-order chi connectivity index (χ1) is 12.0. The Labute approximate surface area is 174 Å². The summed E-state index contributed by atoms with van der Waals surface area (Å²) in [5.74, 6) is 0.797. The van der Waals surface area contributed by atoms with Gasteiger partial charge in [-0.05, 0) is 43.9 Å². The van der Waals surface area contributed by atoms with E-state index in [0.29, 0.717) is 11.4 Å². The summed E-state index contributed by atoms with van der Waals surface area (Å²) in [5.41, 5.74) is 0.983. The second-order valence-electron chi connectivity index (χ2n) is 6.37. The van der Waals surface area contributed by atoms with Crippen LogP contribution in [0.5, 0.6) is 0 Å². The maximum Gasteiger partial charge on any atom is 0.240 e. The molecule has 148 valence electrons. The smallest absolute Gasteiger partial charge is 0.240 e. The SMILES string of the molecule is CCCCCNC(=NCc1ccc(S(=O)(=O)NC2CC2)cc1)NCC.I. The maximum atomic E-state index is 12.2. The molecule has 0 heterocycles. The van der Waals surface area contributed by atoms with E-state index in [9.17, 15) is 8.42 Å². The standard InChI is InChI=1S/C18H30N4O2S.HI/c1-3-5-6-13-20-18(19-4-2)21-14-15-7-11-17(12-8-15)25(23,24)22-16-9-10-16;/h7-8,11-12,16,22H,3-6,9-10,13-14H2,1-2H3,(H2,19,20,21);1H. The Morgan fingerprint density at radius 3 is 2.38 bits per heavy atom. The molecule has 1 aliphatic rings. The van der Waals surface area contributed by atoms with Crippen LogP contribution in [0.25, 0.3) is 0 Å².